The van der Waals surface area contributed by atoms with Crippen molar-refractivity contribution < 1.29 is 33.4 Å². The van der Waals surface area contributed by atoms with E-state index in [0.29, 0.717) is 22.3 Å². The lowest BCUT2D eigenvalue weighted by Crippen LogP contribution is -2.18. The smallest absolute Gasteiger partial charge is 0.302 e. The molecule has 0 atom stereocenters. The van der Waals surface area contributed by atoms with E-state index in [1.165, 1.54) is 20.8 Å². The van der Waals surface area contributed by atoms with Crippen molar-refractivity contribution in [3.05, 3.63) is 34.4 Å². The third kappa shape index (κ3) is 8.02. The van der Waals surface area contributed by atoms with Gasteiger partial charge in [-0.15, -0.1) is 0 Å². The van der Waals surface area contributed by atoms with Gasteiger partial charge in [-0.3, -0.25) is 19.2 Å². The lowest BCUT2D eigenvalue weighted by molar-refractivity contribution is -0.144. The van der Waals surface area contributed by atoms with Crippen LogP contribution in [0.1, 0.15) is 43.0 Å². The normalized spacial score (nSPS) is 10.0. The van der Waals surface area contributed by atoms with Gasteiger partial charge in [0.25, 0.3) is 5.24 Å². The Morgan fingerprint density at radius 2 is 1.12 bits per heavy atom. The van der Waals surface area contributed by atoms with Gasteiger partial charge < -0.3 is 19.5 Å². The minimum absolute atomic E-state index is 0.0198. The molecule has 1 amide bonds. The fourth-order valence-corrected chi connectivity index (χ4v) is 2.15. The van der Waals surface area contributed by atoms with E-state index >= 15 is 0 Å². The number of hydrogen-bond donors (Lipinski definition) is 2. The van der Waals surface area contributed by atoms with Crippen LogP contribution in [0.5, 0.6) is 0 Å². The van der Waals surface area contributed by atoms with E-state index in [4.69, 9.17) is 14.2 Å². The summed E-state index contributed by atoms with van der Waals surface area (Å²) in [6, 6.07) is 3.38. The number of nitrogens with one attached hydrogen (secondary N) is 1. The van der Waals surface area contributed by atoms with Crippen LogP contribution >= 0.6 is 12.6 Å². The summed E-state index contributed by atoms with van der Waals surface area (Å²) in [6.45, 7) is 3.91. The molecule has 0 aliphatic heterocycles. The number of amides is 1. The lowest BCUT2D eigenvalue weighted by atomic mass is 9.99. The van der Waals surface area contributed by atoms with Gasteiger partial charge in [-0.05, 0) is 34.4 Å². The van der Waals surface area contributed by atoms with Crippen LogP contribution in [0.3, 0.4) is 0 Å². The van der Waals surface area contributed by atoms with E-state index in [0.717, 1.165) is 0 Å². The first-order valence-electron chi connectivity index (χ1n) is 7.69. The first-order valence-corrected chi connectivity index (χ1v) is 8.14. The number of carbonyl (C=O) groups is 4. The van der Waals surface area contributed by atoms with Gasteiger partial charge in [-0.2, -0.15) is 0 Å². The molecule has 1 rings (SSSR count). The molecule has 9 heteroatoms. The van der Waals surface area contributed by atoms with E-state index in [9.17, 15) is 19.2 Å². The van der Waals surface area contributed by atoms with Gasteiger partial charge in [-0.1, -0.05) is 12.6 Å². The van der Waals surface area contributed by atoms with E-state index in [2.05, 4.69) is 17.9 Å². The van der Waals surface area contributed by atoms with Gasteiger partial charge in [-0.25, -0.2) is 0 Å². The number of rotatable bonds is 8. The fourth-order valence-electron chi connectivity index (χ4n) is 2.07. The quantitative estimate of drug-likeness (QED) is 0.402. The third-order valence-electron chi connectivity index (χ3n) is 3.24. The van der Waals surface area contributed by atoms with Crippen LogP contribution in [0.2, 0.25) is 0 Å². The predicted octanol–water partition coefficient (Wildman–Crippen LogP) is 2.02. The third-order valence-corrected chi connectivity index (χ3v) is 3.40. The molecule has 0 unspecified atom stereocenters. The standard InChI is InChI=1S/C17H21NO7S/c1-10(19)23-7-14-5-16(9-25-12(3)21)15(8-24-11(2)20)4-13(14)6-18-17(22)26/h4-5H,6-9H2,1-3H3,(H2,18,22,26). The molecule has 1 N–H and O–H groups in total. The van der Waals surface area contributed by atoms with Gasteiger partial charge in [0.2, 0.25) is 0 Å². The lowest BCUT2D eigenvalue weighted by Gasteiger charge is -2.17. The Hall–Kier alpha value is -2.55. The Balaban J connectivity index is 3.22. The van der Waals surface area contributed by atoms with Crippen molar-refractivity contribution in [2.75, 3.05) is 0 Å². The van der Waals surface area contributed by atoms with Crippen molar-refractivity contribution in [3.8, 4) is 0 Å². The molecule has 142 valence electrons. The fraction of sp³-hybridized carbons (Fsp3) is 0.412. The Morgan fingerprint density at radius 3 is 1.46 bits per heavy atom. The zero-order valence-corrected chi connectivity index (χ0v) is 15.7. The maximum Gasteiger partial charge on any atom is 0.302 e. The van der Waals surface area contributed by atoms with Crippen LogP contribution in [-0.4, -0.2) is 23.1 Å². The van der Waals surface area contributed by atoms with Gasteiger partial charge in [0.15, 0.2) is 0 Å². The topological polar surface area (TPSA) is 108 Å². The van der Waals surface area contributed by atoms with E-state index in [1.54, 1.807) is 12.1 Å². The highest BCUT2D eigenvalue weighted by atomic mass is 32.1. The molecule has 0 aromatic heterocycles. The molecule has 0 saturated carbocycles. The Kier molecular flexibility index (Phi) is 8.63. The molecule has 0 aliphatic carbocycles. The van der Waals surface area contributed by atoms with Crippen molar-refractivity contribution in [1.82, 2.24) is 5.32 Å². The second kappa shape index (κ2) is 10.4. The monoisotopic (exact) mass is 383 g/mol. The maximum atomic E-state index is 11.1. The van der Waals surface area contributed by atoms with Crippen LogP contribution in [0.25, 0.3) is 0 Å². The SMILES string of the molecule is CC(=O)OCc1cc(COC(C)=O)c(COC(C)=O)cc1CNC(=O)S. The average molecular weight is 383 g/mol. The zero-order valence-electron chi connectivity index (χ0n) is 14.8. The molecule has 0 fully saturated rings. The van der Waals surface area contributed by atoms with E-state index in [-0.39, 0.29) is 26.4 Å². The van der Waals surface area contributed by atoms with Crippen molar-refractivity contribution >= 4 is 35.8 Å². The summed E-state index contributed by atoms with van der Waals surface area (Å²) in [7, 11) is 0. The maximum absolute atomic E-state index is 11.1. The van der Waals surface area contributed by atoms with Crippen molar-refractivity contribution in [1.29, 1.82) is 0 Å². The largest absolute Gasteiger partial charge is 0.461 e. The molecule has 8 nitrogen and oxygen atoms in total. The first-order chi connectivity index (χ1) is 12.2. The first kappa shape index (κ1) is 21.5. The highest BCUT2D eigenvalue weighted by Crippen LogP contribution is 2.21. The summed E-state index contributed by atoms with van der Waals surface area (Å²) in [5, 5.41) is 2.02. The Morgan fingerprint density at radius 1 is 0.769 bits per heavy atom. The second-order valence-electron chi connectivity index (χ2n) is 5.39. The number of esters is 3. The Bertz CT molecular complexity index is 588. The molecule has 0 heterocycles. The molecule has 26 heavy (non-hydrogen) atoms. The summed E-state index contributed by atoms with van der Waals surface area (Å²) < 4.78 is 15.1. The number of thiol groups is 1. The van der Waals surface area contributed by atoms with Crippen LogP contribution in [0.15, 0.2) is 12.1 Å². The van der Waals surface area contributed by atoms with Crippen LogP contribution in [0, 0.1) is 0 Å². The number of ether oxygens (including phenoxy) is 3. The zero-order chi connectivity index (χ0) is 19.7. The predicted molar refractivity (Wildman–Crippen MR) is 94.1 cm³/mol. The number of carbonyl (C=O) groups excluding carboxylic acids is 4. The molecular formula is C17H21NO7S. The van der Waals surface area contributed by atoms with Crippen LogP contribution in [-0.2, 0) is 55.0 Å². The molecule has 0 radical (unpaired) electrons. The van der Waals surface area contributed by atoms with Gasteiger partial charge in [0.05, 0.1) is 0 Å². The summed E-state index contributed by atoms with van der Waals surface area (Å²) in [5.41, 5.74) is 2.49. The Labute approximate surface area is 156 Å². The summed E-state index contributed by atoms with van der Waals surface area (Å²) in [4.78, 5) is 44.4. The van der Waals surface area contributed by atoms with Crippen LogP contribution in [0.4, 0.5) is 4.79 Å². The average Bonchev–Trinajstić information content (AvgIpc) is 2.54. The van der Waals surface area contributed by atoms with Gasteiger partial charge in [0.1, 0.15) is 19.8 Å². The highest BCUT2D eigenvalue weighted by molar-refractivity contribution is 7.96. The summed E-state index contributed by atoms with van der Waals surface area (Å²) in [5.74, 6) is -1.38. The van der Waals surface area contributed by atoms with Crippen molar-refractivity contribution in [2.24, 2.45) is 0 Å². The van der Waals surface area contributed by atoms with Gasteiger partial charge in [0, 0.05) is 27.3 Å². The minimum atomic E-state index is -0.519. The van der Waals surface area contributed by atoms with Crippen molar-refractivity contribution in [3.63, 3.8) is 0 Å². The van der Waals surface area contributed by atoms with Crippen LogP contribution < -0.4 is 5.32 Å². The number of hydrogen-bond acceptors (Lipinski definition) is 7. The molecule has 0 bridgehead atoms. The van der Waals surface area contributed by atoms with Crippen molar-refractivity contribution in [2.45, 2.75) is 47.1 Å². The summed E-state index contributed by atoms with van der Waals surface area (Å²) >= 11 is 3.66. The molecule has 1 aromatic rings. The van der Waals surface area contributed by atoms with E-state index < -0.39 is 23.1 Å². The van der Waals surface area contributed by atoms with E-state index in [1.807, 2.05) is 0 Å². The minimum Gasteiger partial charge on any atom is -0.461 e. The van der Waals surface area contributed by atoms with Gasteiger partial charge >= 0.3 is 17.9 Å². The molecule has 0 spiro atoms. The number of benzene rings is 1. The summed E-state index contributed by atoms with van der Waals surface area (Å²) in [6.07, 6.45) is 0. The second-order valence-corrected chi connectivity index (χ2v) is 5.80. The highest BCUT2D eigenvalue weighted by Gasteiger charge is 2.14. The molecule has 0 saturated heterocycles. The molecule has 0 aliphatic rings. The molecule has 1 aromatic carbocycles. The molecular weight excluding hydrogens is 362 g/mol.